The molecule has 106 valence electrons. The number of nitrogens with one attached hydrogen (secondary N) is 1. The van der Waals surface area contributed by atoms with E-state index in [2.05, 4.69) is 5.32 Å². The molecule has 3 rings (SSSR count). The summed E-state index contributed by atoms with van der Waals surface area (Å²) in [5.41, 5.74) is 3.15. The maximum Gasteiger partial charge on any atom is 0.307 e. The minimum Gasteiger partial charge on any atom is -0.322 e. The normalized spacial score (nSPS) is 10.8. The Balaban J connectivity index is 1.93. The van der Waals surface area contributed by atoms with Crippen LogP contribution in [0.3, 0.4) is 0 Å². The zero-order valence-electron chi connectivity index (χ0n) is 11.7. The Morgan fingerprint density at radius 2 is 1.95 bits per heavy atom. The average molecular weight is 298 g/mol. The lowest BCUT2D eigenvalue weighted by Crippen LogP contribution is -2.13. The number of amides is 1. The maximum absolute atomic E-state index is 12.3. The van der Waals surface area contributed by atoms with Gasteiger partial charge in [-0.25, -0.2) is 0 Å². The van der Waals surface area contributed by atoms with Gasteiger partial charge in [0.15, 0.2) is 0 Å². The summed E-state index contributed by atoms with van der Waals surface area (Å²) in [5, 5.41) is 2.88. The van der Waals surface area contributed by atoms with Gasteiger partial charge in [0, 0.05) is 18.3 Å². The van der Waals surface area contributed by atoms with Gasteiger partial charge in [0.2, 0.25) is 0 Å². The SMILES string of the molecule is Cc1ccccc1C(=O)Nc1ccc2c(c1)sc(=O)n2C. The first-order valence-electron chi connectivity index (χ1n) is 6.53. The quantitative estimate of drug-likeness (QED) is 0.790. The lowest BCUT2D eigenvalue weighted by atomic mass is 10.1. The van der Waals surface area contributed by atoms with Gasteiger partial charge in [-0.2, -0.15) is 0 Å². The molecular formula is C16H14N2O2S. The van der Waals surface area contributed by atoms with Gasteiger partial charge in [-0.3, -0.25) is 9.59 Å². The predicted molar refractivity (Wildman–Crippen MR) is 86.2 cm³/mol. The number of carbonyl (C=O) groups is 1. The number of hydrogen-bond donors (Lipinski definition) is 1. The second-order valence-electron chi connectivity index (χ2n) is 4.88. The van der Waals surface area contributed by atoms with Gasteiger partial charge in [-0.05, 0) is 36.8 Å². The first kappa shape index (κ1) is 13.6. The number of aryl methyl sites for hydroxylation is 2. The molecule has 0 aliphatic rings. The molecule has 0 bridgehead atoms. The number of rotatable bonds is 2. The zero-order valence-corrected chi connectivity index (χ0v) is 12.5. The molecule has 1 aromatic heterocycles. The van der Waals surface area contributed by atoms with Crippen LogP contribution in [0.5, 0.6) is 0 Å². The number of aromatic nitrogens is 1. The summed E-state index contributed by atoms with van der Waals surface area (Å²) in [6.07, 6.45) is 0. The molecule has 0 aliphatic carbocycles. The summed E-state index contributed by atoms with van der Waals surface area (Å²) in [5.74, 6) is -0.143. The van der Waals surface area contributed by atoms with Gasteiger partial charge in [0.25, 0.3) is 5.91 Å². The third kappa shape index (κ3) is 2.48. The Morgan fingerprint density at radius 1 is 1.19 bits per heavy atom. The Kier molecular flexibility index (Phi) is 3.35. The van der Waals surface area contributed by atoms with Crippen molar-refractivity contribution in [3.05, 3.63) is 63.3 Å². The summed E-state index contributed by atoms with van der Waals surface area (Å²) in [6, 6.07) is 12.9. The second kappa shape index (κ2) is 5.18. The number of fused-ring (bicyclic) bond motifs is 1. The molecule has 0 unspecified atom stereocenters. The molecule has 0 saturated heterocycles. The Bertz CT molecular complexity index is 893. The highest BCUT2D eigenvalue weighted by Gasteiger charge is 2.10. The third-order valence-corrected chi connectivity index (χ3v) is 4.44. The van der Waals surface area contributed by atoms with Crippen molar-refractivity contribution in [2.75, 3.05) is 5.32 Å². The van der Waals surface area contributed by atoms with Crippen molar-refractivity contribution in [2.24, 2.45) is 7.05 Å². The Labute approximate surface area is 125 Å². The molecule has 0 aliphatic heterocycles. The third-order valence-electron chi connectivity index (χ3n) is 3.44. The van der Waals surface area contributed by atoms with Gasteiger partial charge in [0.05, 0.1) is 10.2 Å². The highest BCUT2D eigenvalue weighted by atomic mass is 32.1. The van der Waals surface area contributed by atoms with E-state index in [1.807, 2.05) is 43.3 Å². The summed E-state index contributed by atoms with van der Waals surface area (Å²) < 4.78 is 2.47. The molecule has 3 aromatic rings. The molecule has 2 aromatic carbocycles. The predicted octanol–water partition coefficient (Wildman–Crippen LogP) is 3.16. The molecule has 1 N–H and O–H groups in total. The number of benzene rings is 2. The summed E-state index contributed by atoms with van der Waals surface area (Å²) in [4.78, 5) is 23.9. The van der Waals surface area contributed by atoms with E-state index in [1.165, 1.54) is 11.3 Å². The first-order valence-corrected chi connectivity index (χ1v) is 7.34. The van der Waals surface area contributed by atoms with Crippen LogP contribution in [0.15, 0.2) is 47.3 Å². The maximum atomic E-state index is 12.3. The van der Waals surface area contributed by atoms with Gasteiger partial charge in [-0.15, -0.1) is 0 Å². The van der Waals surface area contributed by atoms with E-state index in [4.69, 9.17) is 0 Å². The molecule has 0 fully saturated rings. The first-order chi connectivity index (χ1) is 10.1. The van der Waals surface area contributed by atoms with E-state index in [-0.39, 0.29) is 10.8 Å². The molecule has 1 heterocycles. The van der Waals surface area contributed by atoms with E-state index in [1.54, 1.807) is 17.7 Å². The molecule has 5 heteroatoms. The van der Waals surface area contributed by atoms with Gasteiger partial charge < -0.3 is 9.88 Å². The smallest absolute Gasteiger partial charge is 0.307 e. The number of nitrogens with zero attached hydrogens (tertiary/aromatic N) is 1. The molecule has 0 saturated carbocycles. The monoisotopic (exact) mass is 298 g/mol. The number of thiazole rings is 1. The fourth-order valence-electron chi connectivity index (χ4n) is 2.24. The summed E-state index contributed by atoms with van der Waals surface area (Å²) >= 11 is 1.18. The van der Waals surface area contributed by atoms with E-state index in [9.17, 15) is 9.59 Å². The molecule has 0 spiro atoms. The van der Waals surface area contributed by atoms with Crippen molar-refractivity contribution < 1.29 is 4.79 Å². The fourth-order valence-corrected chi connectivity index (χ4v) is 3.16. The van der Waals surface area contributed by atoms with Crippen LogP contribution in [0.2, 0.25) is 0 Å². The molecule has 0 atom stereocenters. The minimum absolute atomic E-state index is 0.00706. The van der Waals surface area contributed by atoms with Crippen LogP contribution >= 0.6 is 11.3 Å². The summed E-state index contributed by atoms with van der Waals surface area (Å²) in [6.45, 7) is 1.90. The molecule has 21 heavy (non-hydrogen) atoms. The van der Waals surface area contributed by atoms with Gasteiger partial charge in [-0.1, -0.05) is 29.5 Å². The van der Waals surface area contributed by atoms with E-state index < -0.39 is 0 Å². The van der Waals surface area contributed by atoms with Gasteiger partial charge in [0.1, 0.15) is 0 Å². The van der Waals surface area contributed by atoms with Crippen LogP contribution < -0.4 is 10.2 Å². The van der Waals surface area contributed by atoms with Gasteiger partial charge >= 0.3 is 4.87 Å². The fraction of sp³-hybridized carbons (Fsp3) is 0.125. The van der Waals surface area contributed by atoms with Crippen molar-refractivity contribution in [3.8, 4) is 0 Å². The van der Waals surface area contributed by atoms with Crippen molar-refractivity contribution in [3.63, 3.8) is 0 Å². The van der Waals surface area contributed by atoms with Crippen molar-refractivity contribution in [2.45, 2.75) is 6.92 Å². The van der Waals surface area contributed by atoms with Crippen LogP contribution in [0, 0.1) is 6.92 Å². The Morgan fingerprint density at radius 3 is 2.71 bits per heavy atom. The lowest BCUT2D eigenvalue weighted by Gasteiger charge is -2.07. The van der Waals surface area contributed by atoms with E-state index in [0.29, 0.717) is 11.3 Å². The van der Waals surface area contributed by atoms with Crippen LogP contribution in [0.1, 0.15) is 15.9 Å². The molecule has 0 radical (unpaired) electrons. The number of hydrogen-bond acceptors (Lipinski definition) is 3. The van der Waals surface area contributed by atoms with Crippen LogP contribution in [-0.4, -0.2) is 10.5 Å². The second-order valence-corrected chi connectivity index (χ2v) is 5.87. The zero-order chi connectivity index (χ0) is 15.0. The van der Waals surface area contributed by atoms with Crippen LogP contribution in [-0.2, 0) is 7.05 Å². The topological polar surface area (TPSA) is 51.1 Å². The lowest BCUT2D eigenvalue weighted by molar-refractivity contribution is 0.102. The minimum atomic E-state index is -0.143. The highest BCUT2D eigenvalue weighted by Crippen LogP contribution is 2.22. The van der Waals surface area contributed by atoms with E-state index >= 15 is 0 Å². The van der Waals surface area contributed by atoms with E-state index in [0.717, 1.165) is 15.8 Å². The molecule has 1 amide bonds. The van der Waals surface area contributed by atoms with Crippen molar-refractivity contribution in [1.82, 2.24) is 4.57 Å². The van der Waals surface area contributed by atoms with Crippen molar-refractivity contribution in [1.29, 1.82) is 0 Å². The van der Waals surface area contributed by atoms with Crippen molar-refractivity contribution >= 4 is 33.1 Å². The van der Waals surface area contributed by atoms with Crippen LogP contribution in [0.25, 0.3) is 10.2 Å². The number of anilines is 1. The summed E-state index contributed by atoms with van der Waals surface area (Å²) in [7, 11) is 1.74. The molecular weight excluding hydrogens is 284 g/mol. The Hall–Kier alpha value is -2.40. The van der Waals surface area contributed by atoms with Crippen LogP contribution in [0.4, 0.5) is 5.69 Å². The average Bonchev–Trinajstić information content (AvgIpc) is 2.74. The number of carbonyl (C=O) groups excluding carboxylic acids is 1. The largest absolute Gasteiger partial charge is 0.322 e. The standard InChI is InChI=1S/C16H14N2O2S/c1-10-5-3-4-6-12(10)15(19)17-11-7-8-13-14(9-11)21-16(20)18(13)2/h3-9H,1-2H3,(H,17,19). The molecule has 4 nitrogen and oxygen atoms in total. The highest BCUT2D eigenvalue weighted by molar-refractivity contribution is 7.16.